The summed E-state index contributed by atoms with van der Waals surface area (Å²) in [4.78, 5) is 10.5. The Bertz CT molecular complexity index is 3610. The molecule has 0 N–H and O–H groups in total. The molecule has 0 radical (unpaired) electrons. The maximum Gasteiger partial charge on any atom is 0.160 e. The van der Waals surface area contributed by atoms with E-state index in [9.17, 15) is 0 Å². The monoisotopic (exact) mass is 845 g/mol. The first-order valence-corrected chi connectivity index (χ1v) is 22.7. The number of rotatable bonds is 5. The van der Waals surface area contributed by atoms with Crippen molar-refractivity contribution in [1.29, 1.82) is 0 Å². The van der Waals surface area contributed by atoms with Crippen LogP contribution < -0.4 is 4.74 Å². The van der Waals surface area contributed by atoms with Gasteiger partial charge in [-0.05, 0) is 70.3 Å². The maximum atomic E-state index is 7.13. The largest absolute Gasteiger partial charge is 0.456 e. The second kappa shape index (κ2) is 14.6. The number of nitrogens with zero attached hydrogens (tertiary/aromatic N) is 3. The molecule has 0 unspecified atom stereocenters. The van der Waals surface area contributed by atoms with Crippen LogP contribution in [0.15, 0.2) is 224 Å². The third-order valence-corrected chi connectivity index (χ3v) is 14.2. The zero-order valence-corrected chi connectivity index (χ0v) is 36.6. The van der Waals surface area contributed by atoms with Gasteiger partial charge in [-0.15, -0.1) is 0 Å². The zero-order chi connectivity index (χ0) is 44.0. The first kappa shape index (κ1) is 38.1. The van der Waals surface area contributed by atoms with Crippen molar-refractivity contribution in [3.63, 3.8) is 0 Å². The van der Waals surface area contributed by atoms with Gasteiger partial charge in [0.25, 0.3) is 0 Å². The molecule has 1 aliphatic heterocycles. The van der Waals surface area contributed by atoms with E-state index in [0.29, 0.717) is 5.82 Å². The fourth-order valence-corrected chi connectivity index (χ4v) is 11.2. The molecule has 11 aromatic rings. The van der Waals surface area contributed by atoms with E-state index in [0.717, 1.165) is 67.5 Å². The Labute approximate surface area is 384 Å². The highest BCUT2D eigenvalue weighted by molar-refractivity contribution is 6.09. The fraction of sp³-hybridized carbons (Fsp3) is 0.0645. The van der Waals surface area contributed by atoms with Gasteiger partial charge < -0.3 is 9.30 Å². The fourth-order valence-electron chi connectivity index (χ4n) is 11.2. The van der Waals surface area contributed by atoms with Gasteiger partial charge >= 0.3 is 0 Å². The normalized spacial score (nSPS) is 14.0. The van der Waals surface area contributed by atoms with Crippen molar-refractivity contribution in [3.8, 4) is 62.2 Å². The number of hydrogen-bond donors (Lipinski definition) is 0. The minimum absolute atomic E-state index is 0.193. The molecule has 0 fully saturated rings. The maximum absolute atomic E-state index is 7.13. The lowest BCUT2D eigenvalue weighted by atomic mass is 9.53. The molecule has 312 valence electrons. The molecule has 0 bridgehead atoms. The lowest BCUT2D eigenvalue weighted by Crippen LogP contribution is -2.43. The predicted molar refractivity (Wildman–Crippen MR) is 269 cm³/mol. The number of fused-ring (bicyclic) bond motifs is 11. The number of para-hydroxylation sites is 4. The van der Waals surface area contributed by atoms with Crippen LogP contribution in [0.3, 0.4) is 0 Å². The van der Waals surface area contributed by atoms with E-state index in [1.807, 2.05) is 18.2 Å². The van der Waals surface area contributed by atoms with Crippen LogP contribution in [0.25, 0.3) is 72.5 Å². The molecular weight excluding hydrogens is 803 g/mol. The Hall–Kier alpha value is -8.34. The Morgan fingerprint density at radius 2 is 0.909 bits per heavy atom. The SMILES string of the molecule is CC1(C)c2ccccc2C2(c3ccccc3Oc3c(-c4cccc(-c5cc(-c6ccc(-n7c8ccccc8c8ccccc87)cc6)nc(-c6ccccc6)n5)c4)cccc32)c2ccccc21. The quantitative estimate of drug-likeness (QED) is 0.173. The first-order valence-electron chi connectivity index (χ1n) is 22.7. The van der Waals surface area contributed by atoms with Crippen LogP contribution in [0.4, 0.5) is 0 Å². The van der Waals surface area contributed by atoms with Crippen molar-refractivity contribution in [3.05, 3.63) is 258 Å². The van der Waals surface area contributed by atoms with Gasteiger partial charge in [-0.3, -0.25) is 0 Å². The Morgan fingerprint density at radius 1 is 0.394 bits per heavy atom. The van der Waals surface area contributed by atoms with Crippen molar-refractivity contribution in [1.82, 2.24) is 14.5 Å². The molecule has 3 heterocycles. The smallest absolute Gasteiger partial charge is 0.160 e. The summed E-state index contributed by atoms with van der Waals surface area (Å²) in [5.41, 5.74) is 17.0. The number of hydrogen-bond acceptors (Lipinski definition) is 3. The summed E-state index contributed by atoms with van der Waals surface area (Å²) in [6, 6.07) is 80.5. The summed E-state index contributed by atoms with van der Waals surface area (Å²) in [5, 5.41) is 2.49. The van der Waals surface area contributed by atoms with Crippen LogP contribution >= 0.6 is 0 Å². The number of ether oxygens (including phenoxy) is 1. The predicted octanol–water partition coefficient (Wildman–Crippen LogP) is 15.4. The molecule has 0 amide bonds. The molecule has 2 aliphatic rings. The Morgan fingerprint density at radius 3 is 1.59 bits per heavy atom. The summed E-state index contributed by atoms with van der Waals surface area (Å²) < 4.78 is 9.48. The third kappa shape index (κ3) is 5.58. The molecule has 4 heteroatoms. The van der Waals surface area contributed by atoms with Crippen molar-refractivity contribution >= 4 is 21.8 Å². The molecule has 1 spiro atoms. The molecule has 1 aliphatic carbocycles. The summed E-state index contributed by atoms with van der Waals surface area (Å²) in [6.45, 7) is 4.71. The van der Waals surface area contributed by atoms with Crippen LogP contribution in [-0.2, 0) is 10.8 Å². The Balaban J connectivity index is 0.959. The van der Waals surface area contributed by atoms with Gasteiger partial charge in [0.15, 0.2) is 5.82 Å². The molecule has 66 heavy (non-hydrogen) atoms. The minimum atomic E-state index is -0.594. The van der Waals surface area contributed by atoms with E-state index < -0.39 is 5.41 Å². The van der Waals surface area contributed by atoms with E-state index in [4.69, 9.17) is 14.7 Å². The minimum Gasteiger partial charge on any atom is -0.456 e. The molecule has 9 aromatic carbocycles. The average Bonchev–Trinajstić information content (AvgIpc) is 3.72. The van der Waals surface area contributed by atoms with Crippen LogP contribution in [0.1, 0.15) is 47.2 Å². The molecule has 0 saturated heterocycles. The van der Waals surface area contributed by atoms with Crippen LogP contribution in [-0.4, -0.2) is 14.5 Å². The van der Waals surface area contributed by atoms with Gasteiger partial charge in [0.05, 0.1) is 27.8 Å². The first-order chi connectivity index (χ1) is 32.5. The van der Waals surface area contributed by atoms with Gasteiger partial charge in [0.2, 0.25) is 0 Å². The zero-order valence-electron chi connectivity index (χ0n) is 36.6. The van der Waals surface area contributed by atoms with Crippen molar-refractivity contribution in [2.24, 2.45) is 0 Å². The molecule has 2 aromatic heterocycles. The lowest BCUT2D eigenvalue weighted by molar-refractivity contribution is 0.427. The standard InChI is InChI=1S/C62H43N3O/c1-61(2)48-25-8-10-27-50(48)62(51-28-11-9-26-49(51)61)52-29-12-15-33-58(52)66-59-45(24-17-30-53(59)62)42-20-16-21-43(38-42)55-39-54(63-60(64-55)41-18-4-3-5-19-41)40-34-36-44(37-35-40)65-56-31-13-6-22-46(56)47-23-7-14-32-57(47)65/h3-39H,1-2H3. The van der Waals surface area contributed by atoms with Gasteiger partial charge in [0.1, 0.15) is 11.5 Å². The van der Waals surface area contributed by atoms with Crippen molar-refractivity contribution in [2.75, 3.05) is 0 Å². The van der Waals surface area contributed by atoms with Gasteiger partial charge in [-0.2, -0.15) is 0 Å². The molecule has 13 rings (SSSR count). The second-order valence-electron chi connectivity index (χ2n) is 18.1. The lowest BCUT2D eigenvalue weighted by Gasteiger charge is -2.50. The van der Waals surface area contributed by atoms with Crippen LogP contribution in [0.5, 0.6) is 11.5 Å². The van der Waals surface area contributed by atoms with Crippen LogP contribution in [0, 0.1) is 0 Å². The summed E-state index contributed by atoms with van der Waals surface area (Å²) in [6.07, 6.45) is 0. The average molecular weight is 846 g/mol. The highest BCUT2D eigenvalue weighted by Gasteiger charge is 2.53. The highest BCUT2D eigenvalue weighted by Crippen LogP contribution is 2.62. The summed E-state index contributed by atoms with van der Waals surface area (Å²) in [7, 11) is 0. The van der Waals surface area contributed by atoms with Gasteiger partial charge in [-0.1, -0.05) is 196 Å². The van der Waals surface area contributed by atoms with Crippen molar-refractivity contribution in [2.45, 2.75) is 24.7 Å². The topological polar surface area (TPSA) is 39.9 Å². The van der Waals surface area contributed by atoms with E-state index in [-0.39, 0.29) is 5.41 Å². The number of aromatic nitrogens is 3. The van der Waals surface area contributed by atoms with Gasteiger partial charge in [-0.25, -0.2) is 9.97 Å². The van der Waals surface area contributed by atoms with E-state index in [1.165, 1.54) is 44.1 Å². The molecule has 0 saturated carbocycles. The summed E-state index contributed by atoms with van der Waals surface area (Å²) in [5.74, 6) is 2.42. The van der Waals surface area contributed by atoms with Crippen molar-refractivity contribution < 1.29 is 4.74 Å². The van der Waals surface area contributed by atoms with E-state index >= 15 is 0 Å². The van der Waals surface area contributed by atoms with E-state index in [2.05, 4.69) is 225 Å². The molecule has 0 atom stereocenters. The van der Waals surface area contributed by atoms with Gasteiger partial charge in [0, 0.05) is 55.3 Å². The van der Waals surface area contributed by atoms with Crippen LogP contribution in [0.2, 0.25) is 0 Å². The molecule has 4 nitrogen and oxygen atoms in total. The molecular formula is C62H43N3O. The van der Waals surface area contributed by atoms with E-state index in [1.54, 1.807) is 0 Å². The Kier molecular flexibility index (Phi) is 8.44. The second-order valence-corrected chi connectivity index (χ2v) is 18.1. The number of benzene rings is 9. The third-order valence-electron chi connectivity index (χ3n) is 14.2. The summed E-state index contributed by atoms with van der Waals surface area (Å²) >= 11 is 0. The highest BCUT2D eigenvalue weighted by atomic mass is 16.5.